The van der Waals surface area contributed by atoms with E-state index in [1.54, 1.807) is 17.0 Å². The number of hydrogen-bond acceptors (Lipinski definition) is 4. The number of hydrogen-bond donors (Lipinski definition) is 1. The highest BCUT2D eigenvalue weighted by atomic mass is 16.4. The Kier molecular flexibility index (Phi) is 4.47. The molecule has 1 aliphatic carbocycles. The number of rotatable bonds is 4. The average molecular weight is 306 g/mol. The lowest BCUT2D eigenvalue weighted by molar-refractivity contribution is -0.142. The van der Waals surface area contributed by atoms with Gasteiger partial charge in [-0.1, -0.05) is 6.42 Å². The molecule has 2 aliphatic rings. The van der Waals surface area contributed by atoms with Crippen molar-refractivity contribution in [3.05, 3.63) is 24.2 Å². The SMILES string of the molecule is O=C(O)[C@@H]1CN(CC2CCC2)CCN(C(=O)c2ccco2)C1. The zero-order valence-corrected chi connectivity index (χ0v) is 12.6. The third-order valence-electron chi connectivity index (χ3n) is 4.72. The molecule has 6 heteroatoms. The zero-order chi connectivity index (χ0) is 15.5. The van der Waals surface area contributed by atoms with E-state index in [1.165, 1.54) is 25.5 Å². The van der Waals surface area contributed by atoms with Crippen molar-refractivity contribution in [2.45, 2.75) is 19.3 Å². The Morgan fingerprint density at radius 3 is 2.68 bits per heavy atom. The molecule has 0 radical (unpaired) electrons. The fraction of sp³-hybridized carbons (Fsp3) is 0.625. The van der Waals surface area contributed by atoms with Gasteiger partial charge in [-0.15, -0.1) is 0 Å². The molecule has 1 saturated heterocycles. The molecular weight excluding hydrogens is 284 g/mol. The van der Waals surface area contributed by atoms with Gasteiger partial charge in [-0.05, 0) is 30.9 Å². The monoisotopic (exact) mass is 306 g/mol. The van der Waals surface area contributed by atoms with Crippen LogP contribution in [0.4, 0.5) is 0 Å². The van der Waals surface area contributed by atoms with Crippen molar-refractivity contribution in [3.63, 3.8) is 0 Å². The maximum atomic E-state index is 12.4. The molecular formula is C16H22N2O4. The second-order valence-corrected chi connectivity index (χ2v) is 6.32. The number of furan rings is 1. The minimum absolute atomic E-state index is 0.221. The number of nitrogens with zero attached hydrogens (tertiary/aromatic N) is 2. The van der Waals surface area contributed by atoms with E-state index in [2.05, 4.69) is 4.90 Å². The predicted octanol–water partition coefficient (Wildman–Crippen LogP) is 1.54. The lowest BCUT2D eigenvalue weighted by atomic mass is 9.85. The molecule has 1 amide bonds. The van der Waals surface area contributed by atoms with Gasteiger partial charge in [-0.3, -0.25) is 9.59 Å². The second-order valence-electron chi connectivity index (χ2n) is 6.32. The normalized spacial score (nSPS) is 23.8. The minimum Gasteiger partial charge on any atom is -0.481 e. The zero-order valence-electron chi connectivity index (χ0n) is 12.6. The van der Waals surface area contributed by atoms with Crippen molar-refractivity contribution in [1.29, 1.82) is 0 Å². The molecule has 0 spiro atoms. The van der Waals surface area contributed by atoms with Crippen LogP contribution < -0.4 is 0 Å². The summed E-state index contributed by atoms with van der Waals surface area (Å²) in [6, 6.07) is 3.29. The topological polar surface area (TPSA) is 74.0 Å². The quantitative estimate of drug-likeness (QED) is 0.913. The molecule has 1 atom stereocenters. The highest BCUT2D eigenvalue weighted by Gasteiger charge is 2.32. The van der Waals surface area contributed by atoms with E-state index in [-0.39, 0.29) is 18.2 Å². The minimum atomic E-state index is -0.835. The molecule has 0 bridgehead atoms. The van der Waals surface area contributed by atoms with Gasteiger partial charge in [-0.2, -0.15) is 0 Å². The molecule has 1 aromatic heterocycles. The standard InChI is InChI=1S/C16H22N2O4/c19-15(14-5-2-8-22-14)18-7-6-17(9-12-3-1-4-12)10-13(11-18)16(20)21/h2,5,8,12-13H,1,3-4,6-7,9-11H2,(H,20,21)/t13-/m1/s1. The Balaban J connectivity index is 1.68. The van der Waals surface area contributed by atoms with Gasteiger partial charge in [0, 0.05) is 32.7 Å². The largest absolute Gasteiger partial charge is 0.481 e. The van der Waals surface area contributed by atoms with Crippen molar-refractivity contribution in [2.24, 2.45) is 11.8 Å². The molecule has 0 unspecified atom stereocenters. The summed E-state index contributed by atoms with van der Waals surface area (Å²) < 4.78 is 5.15. The van der Waals surface area contributed by atoms with Gasteiger partial charge in [0.25, 0.3) is 5.91 Å². The molecule has 1 saturated carbocycles. The van der Waals surface area contributed by atoms with Crippen LogP contribution in [-0.4, -0.2) is 59.5 Å². The maximum Gasteiger partial charge on any atom is 0.309 e. The van der Waals surface area contributed by atoms with Crippen LogP contribution in [0.15, 0.2) is 22.8 Å². The smallest absolute Gasteiger partial charge is 0.309 e. The summed E-state index contributed by atoms with van der Waals surface area (Å²) in [5, 5.41) is 9.43. The van der Waals surface area contributed by atoms with Gasteiger partial charge in [0.1, 0.15) is 0 Å². The van der Waals surface area contributed by atoms with E-state index >= 15 is 0 Å². The number of carbonyl (C=O) groups excluding carboxylic acids is 1. The maximum absolute atomic E-state index is 12.4. The van der Waals surface area contributed by atoms with Crippen molar-refractivity contribution in [1.82, 2.24) is 9.80 Å². The number of carboxylic acids is 1. The second kappa shape index (κ2) is 6.52. The van der Waals surface area contributed by atoms with E-state index < -0.39 is 11.9 Å². The van der Waals surface area contributed by atoms with Crippen LogP contribution in [0.2, 0.25) is 0 Å². The Morgan fingerprint density at radius 1 is 1.27 bits per heavy atom. The molecule has 1 aliphatic heterocycles. The third kappa shape index (κ3) is 3.32. The van der Waals surface area contributed by atoms with Crippen LogP contribution >= 0.6 is 0 Å². The molecule has 2 heterocycles. The summed E-state index contributed by atoms with van der Waals surface area (Å²) in [5.74, 6) is -0.626. The first-order valence-electron chi connectivity index (χ1n) is 7.91. The summed E-state index contributed by atoms with van der Waals surface area (Å²) >= 11 is 0. The number of carbonyl (C=O) groups is 2. The van der Waals surface area contributed by atoms with E-state index in [9.17, 15) is 14.7 Å². The van der Waals surface area contributed by atoms with Crippen LogP contribution in [0.1, 0.15) is 29.8 Å². The van der Waals surface area contributed by atoms with Crippen LogP contribution in [-0.2, 0) is 4.79 Å². The lowest BCUT2D eigenvalue weighted by Gasteiger charge is -2.32. The predicted molar refractivity (Wildman–Crippen MR) is 79.5 cm³/mol. The van der Waals surface area contributed by atoms with Crippen LogP contribution in [0.3, 0.4) is 0 Å². The molecule has 120 valence electrons. The molecule has 1 aromatic rings. The fourth-order valence-corrected chi connectivity index (χ4v) is 3.18. The van der Waals surface area contributed by atoms with Crippen molar-refractivity contribution >= 4 is 11.9 Å². The van der Waals surface area contributed by atoms with Crippen molar-refractivity contribution < 1.29 is 19.1 Å². The van der Waals surface area contributed by atoms with Gasteiger partial charge >= 0.3 is 5.97 Å². The molecule has 0 aromatic carbocycles. The highest BCUT2D eigenvalue weighted by Crippen LogP contribution is 2.28. The molecule has 22 heavy (non-hydrogen) atoms. The van der Waals surface area contributed by atoms with E-state index in [0.717, 1.165) is 13.1 Å². The number of amides is 1. The van der Waals surface area contributed by atoms with Gasteiger partial charge in [-0.25, -0.2) is 0 Å². The van der Waals surface area contributed by atoms with Crippen molar-refractivity contribution in [2.75, 3.05) is 32.7 Å². The third-order valence-corrected chi connectivity index (χ3v) is 4.72. The van der Waals surface area contributed by atoms with Gasteiger partial charge in [0.05, 0.1) is 12.2 Å². The first-order valence-corrected chi connectivity index (χ1v) is 7.91. The fourth-order valence-electron chi connectivity index (χ4n) is 3.18. The van der Waals surface area contributed by atoms with Crippen LogP contribution in [0.25, 0.3) is 0 Å². The van der Waals surface area contributed by atoms with Crippen molar-refractivity contribution in [3.8, 4) is 0 Å². The Morgan fingerprint density at radius 2 is 2.09 bits per heavy atom. The summed E-state index contributed by atoms with van der Waals surface area (Å²) in [6.45, 7) is 3.00. The highest BCUT2D eigenvalue weighted by molar-refractivity contribution is 5.91. The molecule has 1 N–H and O–H groups in total. The summed E-state index contributed by atoms with van der Waals surface area (Å²) in [6.07, 6.45) is 5.22. The summed E-state index contributed by atoms with van der Waals surface area (Å²) in [7, 11) is 0. The Hall–Kier alpha value is -1.82. The summed E-state index contributed by atoms with van der Waals surface area (Å²) in [5.41, 5.74) is 0. The Bertz CT molecular complexity index is 524. The van der Waals surface area contributed by atoms with Crippen LogP contribution in [0.5, 0.6) is 0 Å². The van der Waals surface area contributed by atoms with Crippen LogP contribution in [0, 0.1) is 11.8 Å². The summed E-state index contributed by atoms with van der Waals surface area (Å²) in [4.78, 5) is 27.7. The number of carboxylic acid groups (broad SMARTS) is 1. The van der Waals surface area contributed by atoms with Gasteiger partial charge in [0.2, 0.25) is 0 Å². The van der Waals surface area contributed by atoms with E-state index in [1.807, 2.05) is 0 Å². The molecule has 6 nitrogen and oxygen atoms in total. The molecule has 3 rings (SSSR count). The first-order chi connectivity index (χ1) is 10.6. The van der Waals surface area contributed by atoms with E-state index in [0.29, 0.717) is 19.0 Å². The number of aliphatic carboxylic acids is 1. The van der Waals surface area contributed by atoms with Gasteiger partial charge in [0.15, 0.2) is 5.76 Å². The van der Waals surface area contributed by atoms with Gasteiger partial charge < -0.3 is 19.3 Å². The average Bonchev–Trinajstić information content (AvgIpc) is 2.89. The molecule has 2 fully saturated rings. The first kappa shape index (κ1) is 15.1. The lowest BCUT2D eigenvalue weighted by Crippen LogP contribution is -2.38. The Labute approximate surface area is 129 Å². The van der Waals surface area contributed by atoms with E-state index in [4.69, 9.17) is 4.42 Å².